The van der Waals surface area contributed by atoms with Gasteiger partial charge in [0.05, 0.1) is 18.3 Å². The molecule has 3 heterocycles. The Morgan fingerprint density at radius 2 is 2.00 bits per heavy atom. The molecule has 0 bridgehead atoms. The number of amides is 1. The van der Waals surface area contributed by atoms with Gasteiger partial charge in [0.2, 0.25) is 5.91 Å². The number of aryl methyl sites for hydroxylation is 1. The van der Waals surface area contributed by atoms with E-state index in [4.69, 9.17) is 4.42 Å². The van der Waals surface area contributed by atoms with Crippen molar-refractivity contribution in [3.05, 3.63) is 66.4 Å². The third kappa shape index (κ3) is 4.17. The zero-order chi connectivity index (χ0) is 19.3. The van der Waals surface area contributed by atoms with E-state index in [1.165, 1.54) is 0 Å². The van der Waals surface area contributed by atoms with Gasteiger partial charge in [-0.3, -0.25) is 9.69 Å². The van der Waals surface area contributed by atoms with Gasteiger partial charge in [0.1, 0.15) is 11.5 Å². The normalized spacial score (nSPS) is 17.5. The first-order chi connectivity index (χ1) is 13.7. The maximum atomic E-state index is 12.9. The number of benzene rings is 1. The Labute approximate surface area is 165 Å². The zero-order valence-corrected chi connectivity index (χ0v) is 16.2. The number of piperidine rings is 1. The van der Waals surface area contributed by atoms with Crippen LogP contribution in [0, 0.1) is 0 Å². The summed E-state index contributed by atoms with van der Waals surface area (Å²) in [5.41, 5.74) is 1.77. The molecule has 1 N–H and O–H groups in total. The summed E-state index contributed by atoms with van der Waals surface area (Å²) in [5.74, 6) is 1.97. The standard InChI is InChI=1S/C22H26N4O2/c1-2-19-11-12-20(28-19)16-25-14-4-3-6-21(25)22(27)24-17-7-9-18(10-8-17)26-15-5-13-23-26/h5,7-13,15,21H,2-4,6,14,16H2,1H3,(H,24,27)/t21-/m0/s1. The second-order valence-electron chi connectivity index (χ2n) is 7.19. The molecule has 1 aliphatic heterocycles. The maximum Gasteiger partial charge on any atom is 0.241 e. The van der Waals surface area contributed by atoms with Gasteiger partial charge in [-0.25, -0.2) is 4.68 Å². The predicted octanol–water partition coefficient (Wildman–Crippen LogP) is 4.02. The van der Waals surface area contributed by atoms with Crippen molar-refractivity contribution in [2.75, 3.05) is 11.9 Å². The molecule has 4 rings (SSSR count). The minimum absolute atomic E-state index is 0.0498. The third-order valence-corrected chi connectivity index (χ3v) is 5.24. The van der Waals surface area contributed by atoms with Gasteiger partial charge in [0.25, 0.3) is 0 Å². The smallest absolute Gasteiger partial charge is 0.241 e. The summed E-state index contributed by atoms with van der Waals surface area (Å²) < 4.78 is 7.64. The fourth-order valence-corrected chi connectivity index (χ4v) is 3.72. The lowest BCUT2D eigenvalue weighted by Gasteiger charge is -2.34. The van der Waals surface area contributed by atoms with Crippen LogP contribution in [0.15, 0.2) is 59.3 Å². The number of hydrogen-bond acceptors (Lipinski definition) is 4. The van der Waals surface area contributed by atoms with E-state index in [1.54, 1.807) is 10.9 Å². The van der Waals surface area contributed by atoms with Crippen LogP contribution in [0.4, 0.5) is 5.69 Å². The summed E-state index contributed by atoms with van der Waals surface area (Å²) in [4.78, 5) is 15.2. The molecule has 0 saturated carbocycles. The molecule has 1 fully saturated rings. The third-order valence-electron chi connectivity index (χ3n) is 5.24. The van der Waals surface area contributed by atoms with E-state index in [9.17, 15) is 4.79 Å². The Morgan fingerprint density at radius 3 is 2.71 bits per heavy atom. The van der Waals surface area contributed by atoms with Crippen LogP contribution >= 0.6 is 0 Å². The number of aromatic nitrogens is 2. The van der Waals surface area contributed by atoms with Crippen LogP contribution in [0.1, 0.15) is 37.7 Å². The fraction of sp³-hybridized carbons (Fsp3) is 0.364. The monoisotopic (exact) mass is 378 g/mol. The molecular weight excluding hydrogens is 352 g/mol. The number of carbonyl (C=O) groups excluding carboxylic acids is 1. The van der Waals surface area contributed by atoms with Crippen molar-refractivity contribution in [1.82, 2.24) is 14.7 Å². The Balaban J connectivity index is 1.41. The van der Waals surface area contributed by atoms with Gasteiger partial charge in [-0.1, -0.05) is 13.3 Å². The summed E-state index contributed by atoms with van der Waals surface area (Å²) in [5, 5.41) is 7.30. The van der Waals surface area contributed by atoms with Crippen molar-refractivity contribution >= 4 is 11.6 Å². The van der Waals surface area contributed by atoms with Crippen molar-refractivity contribution in [3.8, 4) is 5.69 Å². The highest BCUT2D eigenvalue weighted by Gasteiger charge is 2.29. The number of carbonyl (C=O) groups is 1. The Hall–Kier alpha value is -2.86. The van der Waals surface area contributed by atoms with E-state index in [0.29, 0.717) is 6.54 Å². The van der Waals surface area contributed by atoms with Crippen LogP contribution in [0.25, 0.3) is 5.69 Å². The van der Waals surface area contributed by atoms with Gasteiger partial charge in [0.15, 0.2) is 0 Å². The average molecular weight is 378 g/mol. The molecule has 1 aliphatic rings. The highest BCUT2D eigenvalue weighted by Crippen LogP contribution is 2.22. The van der Waals surface area contributed by atoms with Crippen molar-refractivity contribution in [2.45, 2.75) is 45.2 Å². The number of furan rings is 1. The average Bonchev–Trinajstić information content (AvgIpc) is 3.41. The van der Waals surface area contributed by atoms with Crippen LogP contribution in [-0.2, 0) is 17.8 Å². The van der Waals surface area contributed by atoms with E-state index >= 15 is 0 Å². The largest absolute Gasteiger partial charge is 0.465 e. The molecule has 1 aromatic carbocycles. The molecule has 0 spiro atoms. The molecule has 2 aromatic heterocycles. The van der Waals surface area contributed by atoms with Gasteiger partial charge in [-0.05, 0) is 61.9 Å². The minimum Gasteiger partial charge on any atom is -0.465 e. The van der Waals surface area contributed by atoms with Crippen molar-refractivity contribution in [3.63, 3.8) is 0 Å². The molecule has 146 valence electrons. The SMILES string of the molecule is CCc1ccc(CN2CCCC[C@H]2C(=O)Nc2ccc(-n3cccn3)cc2)o1. The molecule has 0 aliphatic carbocycles. The summed E-state index contributed by atoms with van der Waals surface area (Å²) in [6, 6.07) is 13.5. The van der Waals surface area contributed by atoms with Crippen molar-refractivity contribution < 1.29 is 9.21 Å². The highest BCUT2D eigenvalue weighted by molar-refractivity contribution is 5.94. The van der Waals surface area contributed by atoms with Gasteiger partial charge >= 0.3 is 0 Å². The van der Waals surface area contributed by atoms with Crippen LogP contribution in [-0.4, -0.2) is 33.2 Å². The Kier molecular flexibility index (Phi) is 5.58. The first-order valence-corrected chi connectivity index (χ1v) is 9.95. The Morgan fingerprint density at radius 1 is 1.18 bits per heavy atom. The lowest BCUT2D eigenvalue weighted by molar-refractivity contribution is -0.122. The van der Waals surface area contributed by atoms with Gasteiger partial charge in [-0.15, -0.1) is 0 Å². The first kappa shape index (κ1) is 18.5. The van der Waals surface area contributed by atoms with Crippen LogP contribution in [0.3, 0.4) is 0 Å². The molecule has 0 radical (unpaired) electrons. The summed E-state index contributed by atoms with van der Waals surface area (Å²) in [6.45, 7) is 3.67. The fourth-order valence-electron chi connectivity index (χ4n) is 3.72. The number of nitrogens with zero attached hydrogens (tertiary/aromatic N) is 3. The van der Waals surface area contributed by atoms with Crippen LogP contribution < -0.4 is 5.32 Å². The van der Waals surface area contributed by atoms with E-state index in [-0.39, 0.29) is 11.9 Å². The quantitative estimate of drug-likeness (QED) is 0.704. The van der Waals surface area contributed by atoms with E-state index in [1.807, 2.05) is 48.7 Å². The predicted molar refractivity (Wildman–Crippen MR) is 108 cm³/mol. The molecule has 0 unspecified atom stereocenters. The molecular formula is C22H26N4O2. The van der Waals surface area contributed by atoms with Crippen LogP contribution in [0.2, 0.25) is 0 Å². The lowest BCUT2D eigenvalue weighted by Crippen LogP contribution is -2.46. The second kappa shape index (κ2) is 8.44. The van der Waals surface area contributed by atoms with Gasteiger partial charge in [0, 0.05) is 24.5 Å². The molecule has 28 heavy (non-hydrogen) atoms. The Bertz CT molecular complexity index is 899. The number of nitrogens with one attached hydrogen (secondary N) is 1. The van der Waals surface area contributed by atoms with Gasteiger partial charge in [-0.2, -0.15) is 5.10 Å². The van der Waals surface area contributed by atoms with Crippen LogP contribution in [0.5, 0.6) is 0 Å². The van der Waals surface area contributed by atoms with Crippen molar-refractivity contribution in [2.24, 2.45) is 0 Å². The summed E-state index contributed by atoms with van der Waals surface area (Å²) in [6.07, 6.45) is 7.59. The topological polar surface area (TPSA) is 63.3 Å². The minimum atomic E-state index is -0.130. The molecule has 3 aromatic rings. The summed E-state index contributed by atoms with van der Waals surface area (Å²) >= 11 is 0. The second-order valence-corrected chi connectivity index (χ2v) is 7.19. The first-order valence-electron chi connectivity index (χ1n) is 9.95. The lowest BCUT2D eigenvalue weighted by atomic mass is 10.0. The molecule has 1 saturated heterocycles. The number of anilines is 1. The number of rotatable bonds is 6. The van der Waals surface area contributed by atoms with E-state index in [0.717, 1.165) is 55.1 Å². The number of hydrogen-bond donors (Lipinski definition) is 1. The maximum absolute atomic E-state index is 12.9. The van der Waals surface area contributed by atoms with Crippen molar-refractivity contribution in [1.29, 1.82) is 0 Å². The van der Waals surface area contributed by atoms with Gasteiger partial charge < -0.3 is 9.73 Å². The molecule has 1 atom stereocenters. The van der Waals surface area contributed by atoms with E-state index in [2.05, 4.69) is 22.2 Å². The zero-order valence-electron chi connectivity index (χ0n) is 16.2. The molecule has 6 heteroatoms. The van der Waals surface area contributed by atoms with E-state index < -0.39 is 0 Å². The summed E-state index contributed by atoms with van der Waals surface area (Å²) in [7, 11) is 0. The number of likely N-dealkylation sites (tertiary alicyclic amines) is 1. The molecule has 1 amide bonds. The molecule has 6 nitrogen and oxygen atoms in total. The highest BCUT2D eigenvalue weighted by atomic mass is 16.3.